The molecule has 24 heavy (non-hydrogen) atoms. The topological polar surface area (TPSA) is 12.9 Å². The van der Waals surface area contributed by atoms with Crippen LogP contribution >= 0.6 is 22.7 Å². The van der Waals surface area contributed by atoms with Crippen LogP contribution < -0.4 is 0 Å². The Bertz CT molecular complexity index is 914. The average Bonchev–Trinajstić information content (AvgIpc) is 3.15. The third kappa shape index (κ3) is 2.61. The van der Waals surface area contributed by atoms with Crippen LogP contribution in [0.3, 0.4) is 0 Å². The van der Waals surface area contributed by atoms with Gasteiger partial charge in [0.15, 0.2) is 5.01 Å². The van der Waals surface area contributed by atoms with Crippen molar-refractivity contribution in [2.75, 3.05) is 0 Å². The second kappa shape index (κ2) is 5.72. The van der Waals surface area contributed by atoms with Crippen LogP contribution in [0.1, 0.15) is 5.01 Å². The summed E-state index contributed by atoms with van der Waals surface area (Å²) in [6.45, 7) is 0. The number of fused-ring (bicyclic) bond motifs is 1. The van der Waals surface area contributed by atoms with Crippen molar-refractivity contribution in [2.24, 2.45) is 0 Å². The fourth-order valence-corrected chi connectivity index (χ4v) is 4.87. The van der Waals surface area contributed by atoms with E-state index in [1.807, 2.05) is 60.7 Å². The molecule has 0 aliphatic carbocycles. The fraction of sp³-hybridized carbons (Fsp3) is 0.0556. The van der Waals surface area contributed by atoms with Gasteiger partial charge in [-0.2, -0.15) is 13.2 Å². The molecule has 0 saturated heterocycles. The summed E-state index contributed by atoms with van der Waals surface area (Å²) in [5.74, 6) is 0. The maximum Gasteiger partial charge on any atom is 0.443 e. The molecule has 0 atom stereocenters. The first-order valence-corrected chi connectivity index (χ1v) is 8.79. The first kappa shape index (κ1) is 15.4. The number of nitrogens with zero attached hydrogens (tertiary/aromatic N) is 1. The van der Waals surface area contributed by atoms with Crippen LogP contribution in [0, 0.1) is 0 Å². The van der Waals surface area contributed by atoms with Gasteiger partial charge in [-0.1, -0.05) is 60.7 Å². The minimum Gasteiger partial charge on any atom is -0.230 e. The summed E-state index contributed by atoms with van der Waals surface area (Å²) in [6, 6.07) is 18.9. The van der Waals surface area contributed by atoms with E-state index < -0.39 is 11.2 Å². The van der Waals surface area contributed by atoms with Gasteiger partial charge in [-0.25, -0.2) is 4.98 Å². The molecule has 4 aromatic rings. The number of alkyl halides is 3. The predicted octanol–water partition coefficient (Wildman–Crippen LogP) is 6.71. The zero-order valence-corrected chi connectivity index (χ0v) is 13.8. The van der Waals surface area contributed by atoms with E-state index in [2.05, 4.69) is 4.98 Å². The molecular weight excluding hydrogens is 351 g/mol. The highest BCUT2D eigenvalue weighted by atomic mass is 32.1. The average molecular weight is 361 g/mol. The Kier molecular flexibility index (Phi) is 3.66. The molecule has 6 heteroatoms. The van der Waals surface area contributed by atoms with Gasteiger partial charge < -0.3 is 0 Å². The Labute approximate surface area is 144 Å². The molecule has 0 N–H and O–H groups in total. The zero-order valence-electron chi connectivity index (χ0n) is 12.2. The van der Waals surface area contributed by atoms with Crippen molar-refractivity contribution in [1.29, 1.82) is 0 Å². The Morgan fingerprint density at radius 2 is 1.25 bits per heavy atom. The molecular formula is C18H10F3NS2. The van der Waals surface area contributed by atoms with E-state index in [-0.39, 0.29) is 0 Å². The molecule has 0 fully saturated rings. The normalized spacial score (nSPS) is 12.0. The van der Waals surface area contributed by atoms with Crippen LogP contribution in [0.15, 0.2) is 60.7 Å². The monoisotopic (exact) mass is 361 g/mol. The van der Waals surface area contributed by atoms with Crippen LogP contribution in [0.5, 0.6) is 0 Å². The van der Waals surface area contributed by atoms with E-state index in [9.17, 15) is 13.2 Å². The summed E-state index contributed by atoms with van der Waals surface area (Å²) in [7, 11) is 0. The number of rotatable bonds is 2. The van der Waals surface area contributed by atoms with Gasteiger partial charge in [-0.05, 0) is 11.1 Å². The molecule has 0 aliphatic heterocycles. The van der Waals surface area contributed by atoms with Crippen molar-refractivity contribution in [1.82, 2.24) is 4.98 Å². The van der Waals surface area contributed by atoms with Gasteiger partial charge in [0.05, 0.1) is 14.5 Å². The van der Waals surface area contributed by atoms with Crippen LogP contribution in [0.4, 0.5) is 13.2 Å². The molecule has 0 radical (unpaired) electrons. The maximum atomic E-state index is 13.1. The van der Waals surface area contributed by atoms with E-state index in [1.54, 1.807) is 0 Å². The Morgan fingerprint density at radius 1 is 0.708 bits per heavy atom. The molecule has 0 bridgehead atoms. The van der Waals surface area contributed by atoms with Gasteiger partial charge in [0, 0.05) is 0 Å². The molecule has 2 aromatic carbocycles. The number of thiophene rings is 1. The molecule has 0 unspecified atom stereocenters. The second-order valence-electron chi connectivity index (χ2n) is 5.19. The Balaban J connectivity index is 2.01. The minimum atomic E-state index is -4.43. The third-order valence-electron chi connectivity index (χ3n) is 3.57. The second-order valence-corrected chi connectivity index (χ2v) is 7.21. The number of aromatic nitrogens is 1. The lowest BCUT2D eigenvalue weighted by atomic mass is 10.1. The van der Waals surface area contributed by atoms with Gasteiger partial charge >= 0.3 is 6.18 Å². The molecule has 1 nitrogen and oxygen atoms in total. The third-order valence-corrected chi connectivity index (χ3v) is 6.09. The number of hydrogen-bond acceptors (Lipinski definition) is 3. The van der Waals surface area contributed by atoms with Gasteiger partial charge in [0.25, 0.3) is 0 Å². The molecule has 0 aliphatic rings. The molecule has 0 spiro atoms. The Hall–Kier alpha value is -2.18. The largest absolute Gasteiger partial charge is 0.443 e. The predicted molar refractivity (Wildman–Crippen MR) is 93.4 cm³/mol. The number of benzene rings is 2. The summed E-state index contributed by atoms with van der Waals surface area (Å²) < 4.78 is 40.0. The van der Waals surface area contributed by atoms with Crippen LogP contribution in [-0.2, 0) is 6.18 Å². The number of hydrogen-bond donors (Lipinski definition) is 0. The standard InChI is InChI=1S/C18H10F3NS2/c19-18(20,21)17-22-13-14(11-7-3-1-4-8-11)23-15(16(13)24-17)12-9-5-2-6-10-12/h1-10H. The van der Waals surface area contributed by atoms with Crippen molar-refractivity contribution in [3.63, 3.8) is 0 Å². The van der Waals surface area contributed by atoms with Crippen molar-refractivity contribution >= 4 is 32.9 Å². The Morgan fingerprint density at radius 3 is 1.79 bits per heavy atom. The van der Waals surface area contributed by atoms with Gasteiger partial charge in [0.1, 0.15) is 5.52 Å². The van der Waals surface area contributed by atoms with Gasteiger partial charge in [-0.3, -0.25) is 0 Å². The zero-order chi connectivity index (χ0) is 16.7. The highest BCUT2D eigenvalue weighted by molar-refractivity contribution is 7.28. The molecule has 2 heterocycles. The summed E-state index contributed by atoms with van der Waals surface area (Å²) in [5, 5.41) is -0.797. The highest BCUT2D eigenvalue weighted by Crippen LogP contribution is 2.48. The molecule has 4 rings (SSSR count). The highest BCUT2D eigenvalue weighted by Gasteiger charge is 2.36. The van der Waals surface area contributed by atoms with Gasteiger partial charge in [-0.15, -0.1) is 22.7 Å². The minimum absolute atomic E-state index is 0.433. The summed E-state index contributed by atoms with van der Waals surface area (Å²) in [6.07, 6.45) is -4.43. The first-order chi connectivity index (χ1) is 11.5. The maximum absolute atomic E-state index is 13.1. The van der Waals surface area contributed by atoms with E-state index >= 15 is 0 Å². The van der Waals surface area contributed by atoms with E-state index in [1.165, 1.54) is 11.3 Å². The number of thiazole rings is 1. The summed E-state index contributed by atoms with van der Waals surface area (Å²) in [4.78, 5) is 5.52. The summed E-state index contributed by atoms with van der Waals surface area (Å²) >= 11 is 2.20. The molecule has 0 saturated carbocycles. The van der Waals surface area contributed by atoms with E-state index in [4.69, 9.17) is 0 Å². The molecule has 0 amide bonds. The van der Waals surface area contributed by atoms with Gasteiger partial charge in [0.2, 0.25) is 0 Å². The van der Waals surface area contributed by atoms with E-state index in [0.717, 1.165) is 20.9 Å². The SMILES string of the molecule is FC(F)(F)c1nc2c(-c3ccccc3)sc(-c3ccccc3)c2s1. The van der Waals surface area contributed by atoms with Crippen LogP contribution in [0.2, 0.25) is 0 Å². The van der Waals surface area contributed by atoms with Crippen molar-refractivity contribution in [3.05, 3.63) is 65.7 Å². The lowest BCUT2D eigenvalue weighted by molar-refractivity contribution is -0.137. The van der Waals surface area contributed by atoms with Crippen LogP contribution in [0.25, 0.3) is 31.1 Å². The summed E-state index contributed by atoms with van der Waals surface area (Å²) in [5.41, 5.74) is 2.23. The lowest BCUT2D eigenvalue weighted by Gasteiger charge is -2.01. The molecule has 2 aromatic heterocycles. The van der Waals surface area contributed by atoms with Crippen LogP contribution in [-0.4, -0.2) is 4.98 Å². The number of halogens is 3. The quantitative estimate of drug-likeness (QED) is 0.387. The smallest absolute Gasteiger partial charge is 0.230 e. The first-order valence-electron chi connectivity index (χ1n) is 7.15. The molecule has 120 valence electrons. The van der Waals surface area contributed by atoms with E-state index in [0.29, 0.717) is 21.6 Å². The lowest BCUT2D eigenvalue weighted by Crippen LogP contribution is -2.03. The fourth-order valence-electron chi connectivity index (χ4n) is 2.51. The van der Waals surface area contributed by atoms with Crippen molar-refractivity contribution in [3.8, 4) is 20.9 Å². The van der Waals surface area contributed by atoms with Crippen molar-refractivity contribution in [2.45, 2.75) is 6.18 Å². The van der Waals surface area contributed by atoms with Crippen molar-refractivity contribution < 1.29 is 13.2 Å².